The molecule has 0 amide bonds. The maximum atomic E-state index is 5.71. The van der Waals surface area contributed by atoms with Crippen LogP contribution in [0.3, 0.4) is 0 Å². The molecule has 0 bridgehead atoms. The number of nitrogens with two attached hydrogens (primary N) is 1. The fraction of sp³-hybridized carbons (Fsp3) is 0.571. The fourth-order valence-corrected chi connectivity index (χ4v) is 2.28. The monoisotopic (exact) mass is 234 g/mol. The molecule has 0 spiro atoms. The van der Waals surface area contributed by atoms with Gasteiger partial charge in [-0.1, -0.05) is 0 Å². The van der Waals surface area contributed by atoms with Crippen LogP contribution in [0.25, 0.3) is 0 Å². The fourth-order valence-electron chi connectivity index (χ4n) is 2.28. The van der Waals surface area contributed by atoms with Gasteiger partial charge in [0, 0.05) is 11.7 Å². The van der Waals surface area contributed by atoms with Crippen molar-refractivity contribution < 1.29 is 4.74 Å². The topological polar surface area (TPSA) is 38.5 Å². The van der Waals surface area contributed by atoms with Gasteiger partial charge in [0.15, 0.2) is 0 Å². The minimum atomic E-state index is 0.631. The Morgan fingerprint density at radius 3 is 2.53 bits per heavy atom. The van der Waals surface area contributed by atoms with Crippen molar-refractivity contribution in [1.82, 2.24) is 4.90 Å². The molecule has 3 heteroatoms. The quantitative estimate of drug-likeness (QED) is 0.796. The second-order valence-electron chi connectivity index (χ2n) is 4.80. The van der Waals surface area contributed by atoms with Crippen LogP contribution in [-0.2, 0) is 0 Å². The van der Waals surface area contributed by atoms with E-state index in [1.165, 1.54) is 25.9 Å². The highest BCUT2D eigenvalue weighted by atomic mass is 16.5. The molecule has 2 rings (SSSR count). The van der Waals surface area contributed by atoms with E-state index in [0.717, 1.165) is 24.5 Å². The number of nitrogen functional groups attached to an aromatic ring is 1. The third-order valence-corrected chi connectivity index (χ3v) is 3.45. The molecule has 94 valence electrons. The molecule has 1 saturated heterocycles. The van der Waals surface area contributed by atoms with Gasteiger partial charge in [-0.15, -0.1) is 0 Å². The zero-order chi connectivity index (χ0) is 12.1. The van der Waals surface area contributed by atoms with Crippen molar-refractivity contribution in [2.45, 2.75) is 32.2 Å². The van der Waals surface area contributed by atoms with Gasteiger partial charge < -0.3 is 15.4 Å². The van der Waals surface area contributed by atoms with Gasteiger partial charge in [0.25, 0.3) is 0 Å². The molecular weight excluding hydrogens is 212 g/mol. The Hall–Kier alpha value is -1.22. The largest absolute Gasteiger partial charge is 0.494 e. The lowest BCUT2D eigenvalue weighted by Crippen LogP contribution is -2.31. The van der Waals surface area contributed by atoms with E-state index < -0.39 is 0 Å². The summed E-state index contributed by atoms with van der Waals surface area (Å²) in [6, 6.07) is 8.23. The van der Waals surface area contributed by atoms with E-state index in [-0.39, 0.29) is 0 Å². The van der Waals surface area contributed by atoms with Gasteiger partial charge in [-0.2, -0.15) is 0 Å². The Morgan fingerprint density at radius 1 is 1.24 bits per heavy atom. The summed E-state index contributed by atoms with van der Waals surface area (Å²) >= 11 is 0. The number of ether oxygens (including phenoxy) is 1. The Kier molecular flexibility index (Phi) is 4.26. The summed E-state index contributed by atoms with van der Waals surface area (Å²) in [6.45, 7) is 5.57. The molecule has 1 atom stereocenters. The minimum Gasteiger partial charge on any atom is -0.494 e. The third kappa shape index (κ3) is 3.63. The van der Waals surface area contributed by atoms with Gasteiger partial charge in [-0.3, -0.25) is 0 Å². The maximum absolute atomic E-state index is 5.71. The highest BCUT2D eigenvalue weighted by molar-refractivity contribution is 5.41. The lowest BCUT2D eigenvalue weighted by Gasteiger charge is -2.23. The van der Waals surface area contributed by atoms with Crippen molar-refractivity contribution >= 4 is 5.69 Å². The van der Waals surface area contributed by atoms with Crippen molar-refractivity contribution in [2.24, 2.45) is 0 Å². The van der Waals surface area contributed by atoms with Gasteiger partial charge in [-0.25, -0.2) is 0 Å². The lowest BCUT2D eigenvalue weighted by atomic mass is 10.2. The zero-order valence-electron chi connectivity index (χ0n) is 10.6. The van der Waals surface area contributed by atoms with Crippen molar-refractivity contribution in [2.75, 3.05) is 25.4 Å². The van der Waals surface area contributed by atoms with E-state index in [9.17, 15) is 0 Å². The number of anilines is 1. The second-order valence-corrected chi connectivity index (χ2v) is 4.80. The molecular formula is C14H22N2O. The normalized spacial score (nSPS) is 18.2. The standard InChI is InChI=1S/C14H22N2O/c1-12(16-9-2-3-10-16)8-11-17-14-6-4-13(15)5-7-14/h4-7,12H,2-3,8-11,15H2,1H3. The lowest BCUT2D eigenvalue weighted by molar-refractivity contribution is 0.206. The van der Waals surface area contributed by atoms with Gasteiger partial charge >= 0.3 is 0 Å². The van der Waals surface area contributed by atoms with Gasteiger partial charge in [0.1, 0.15) is 5.75 Å². The van der Waals surface area contributed by atoms with Crippen LogP contribution in [-0.4, -0.2) is 30.6 Å². The predicted octanol–water partition coefficient (Wildman–Crippen LogP) is 2.52. The molecule has 1 heterocycles. The highest BCUT2D eigenvalue weighted by Gasteiger charge is 2.17. The average molecular weight is 234 g/mol. The van der Waals surface area contributed by atoms with Crippen molar-refractivity contribution in [1.29, 1.82) is 0 Å². The molecule has 1 aromatic carbocycles. The molecule has 3 nitrogen and oxygen atoms in total. The third-order valence-electron chi connectivity index (χ3n) is 3.45. The first-order valence-corrected chi connectivity index (χ1v) is 6.48. The van der Waals surface area contributed by atoms with Crippen LogP contribution in [0, 0.1) is 0 Å². The first-order chi connectivity index (χ1) is 8.25. The number of likely N-dealkylation sites (tertiary alicyclic amines) is 1. The molecule has 1 aromatic rings. The SMILES string of the molecule is CC(CCOc1ccc(N)cc1)N1CCCC1. The smallest absolute Gasteiger partial charge is 0.119 e. The predicted molar refractivity (Wildman–Crippen MR) is 71.2 cm³/mol. The van der Waals surface area contributed by atoms with Crippen LogP contribution in [0.15, 0.2) is 24.3 Å². The number of rotatable bonds is 5. The van der Waals surface area contributed by atoms with E-state index in [4.69, 9.17) is 10.5 Å². The molecule has 1 aliphatic heterocycles. The first kappa shape index (κ1) is 12.2. The summed E-state index contributed by atoms with van der Waals surface area (Å²) in [6.07, 6.45) is 3.79. The van der Waals surface area contributed by atoms with Gasteiger partial charge in [0.05, 0.1) is 6.61 Å². The molecule has 17 heavy (non-hydrogen) atoms. The summed E-state index contributed by atoms with van der Waals surface area (Å²) in [5, 5.41) is 0. The van der Waals surface area contributed by atoms with Crippen molar-refractivity contribution in [3.05, 3.63) is 24.3 Å². The Labute approximate surface area is 104 Å². The van der Waals surface area contributed by atoms with E-state index in [1.54, 1.807) is 0 Å². The number of benzene rings is 1. The van der Waals surface area contributed by atoms with Crippen LogP contribution in [0.4, 0.5) is 5.69 Å². The van der Waals surface area contributed by atoms with E-state index in [0.29, 0.717) is 6.04 Å². The van der Waals surface area contributed by atoms with Gasteiger partial charge in [0.2, 0.25) is 0 Å². The summed E-state index contributed by atoms with van der Waals surface area (Å²) in [5.41, 5.74) is 6.40. The Morgan fingerprint density at radius 2 is 1.88 bits per heavy atom. The molecule has 0 aliphatic carbocycles. The second kappa shape index (κ2) is 5.92. The van der Waals surface area contributed by atoms with E-state index in [1.807, 2.05) is 24.3 Å². The highest BCUT2D eigenvalue weighted by Crippen LogP contribution is 2.16. The summed E-state index contributed by atoms with van der Waals surface area (Å²) < 4.78 is 5.71. The van der Waals surface area contributed by atoms with E-state index in [2.05, 4.69) is 11.8 Å². The maximum Gasteiger partial charge on any atom is 0.119 e. The molecule has 1 aliphatic rings. The molecule has 1 unspecified atom stereocenters. The van der Waals surface area contributed by atoms with Gasteiger partial charge in [-0.05, 0) is 63.5 Å². The Balaban J connectivity index is 1.70. The number of hydrogen-bond donors (Lipinski definition) is 1. The summed E-state index contributed by atoms with van der Waals surface area (Å²) in [7, 11) is 0. The molecule has 0 radical (unpaired) electrons. The van der Waals surface area contributed by atoms with Crippen LogP contribution < -0.4 is 10.5 Å². The summed E-state index contributed by atoms with van der Waals surface area (Å²) in [4.78, 5) is 2.55. The summed E-state index contributed by atoms with van der Waals surface area (Å²) in [5.74, 6) is 0.910. The van der Waals surface area contributed by atoms with Crippen LogP contribution in [0.5, 0.6) is 5.75 Å². The minimum absolute atomic E-state index is 0.631. The van der Waals surface area contributed by atoms with Crippen molar-refractivity contribution in [3.63, 3.8) is 0 Å². The molecule has 0 aromatic heterocycles. The van der Waals surface area contributed by atoms with Crippen molar-refractivity contribution in [3.8, 4) is 5.75 Å². The number of hydrogen-bond acceptors (Lipinski definition) is 3. The molecule has 1 fully saturated rings. The molecule has 2 N–H and O–H groups in total. The molecule has 0 saturated carbocycles. The van der Waals surface area contributed by atoms with Crippen LogP contribution in [0.2, 0.25) is 0 Å². The Bertz CT molecular complexity index is 331. The first-order valence-electron chi connectivity index (χ1n) is 6.48. The zero-order valence-corrected chi connectivity index (χ0v) is 10.6. The van der Waals surface area contributed by atoms with E-state index >= 15 is 0 Å². The average Bonchev–Trinajstić information content (AvgIpc) is 2.85. The van der Waals surface area contributed by atoms with Crippen LogP contribution >= 0.6 is 0 Å². The van der Waals surface area contributed by atoms with Crippen LogP contribution in [0.1, 0.15) is 26.2 Å². The number of nitrogens with zero attached hydrogens (tertiary/aromatic N) is 1.